The van der Waals surface area contributed by atoms with Gasteiger partial charge in [0.05, 0.1) is 17.0 Å². The van der Waals surface area contributed by atoms with E-state index >= 15 is 0 Å². The van der Waals surface area contributed by atoms with E-state index in [1.807, 2.05) is 38.1 Å². The molecule has 3 rings (SSSR count). The number of benzene rings is 1. The zero-order chi connectivity index (χ0) is 14.1. The number of carbonyl (C=O) groups excluding carboxylic acids is 1. The van der Waals surface area contributed by atoms with E-state index in [-0.39, 0.29) is 5.78 Å². The van der Waals surface area contributed by atoms with Crippen molar-refractivity contribution in [3.63, 3.8) is 0 Å². The molecular weight excluding hydrogens is 252 g/mol. The number of fused-ring (bicyclic) bond motifs is 1. The molecule has 3 aromatic rings. The van der Waals surface area contributed by atoms with Gasteiger partial charge in [-0.05, 0) is 31.5 Å². The summed E-state index contributed by atoms with van der Waals surface area (Å²) in [5.74, 6) is 0.198. The Morgan fingerprint density at radius 1 is 1.20 bits per heavy atom. The number of aromatic nitrogens is 2. The second-order valence-electron chi connectivity index (χ2n) is 4.68. The van der Waals surface area contributed by atoms with E-state index in [1.54, 1.807) is 12.1 Å². The maximum Gasteiger partial charge on any atom is 0.230 e. The van der Waals surface area contributed by atoms with Crippen molar-refractivity contribution in [3.05, 3.63) is 59.1 Å². The molecule has 100 valence electrons. The largest absolute Gasteiger partial charge is 0.453 e. The van der Waals surface area contributed by atoms with Gasteiger partial charge in [0, 0.05) is 5.39 Å². The lowest BCUT2D eigenvalue weighted by atomic mass is 10.1. The van der Waals surface area contributed by atoms with Crippen LogP contribution in [-0.4, -0.2) is 16.0 Å². The smallest absolute Gasteiger partial charge is 0.230 e. The van der Waals surface area contributed by atoms with Crippen LogP contribution in [0.15, 0.2) is 40.8 Å². The first-order valence-electron chi connectivity index (χ1n) is 6.55. The Balaban J connectivity index is 2.10. The lowest BCUT2D eigenvalue weighted by Gasteiger charge is -2.04. The molecule has 0 amide bonds. The summed E-state index contributed by atoms with van der Waals surface area (Å²) >= 11 is 0. The molecule has 2 heterocycles. The molecule has 0 aliphatic carbocycles. The van der Waals surface area contributed by atoms with E-state index in [2.05, 4.69) is 10.2 Å². The van der Waals surface area contributed by atoms with E-state index < -0.39 is 0 Å². The maximum absolute atomic E-state index is 12.6. The van der Waals surface area contributed by atoms with Gasteiger partial charge in [-0.15, -0.1) is 0 Å². The number of ketones is 1. The van der Waals surface area contributed by atoms with Crippen LogP contribution in [0.3, 0.4) is 0 Å². The highest BCUT2D eigenvalue weighted by atomic mass is 16.3. The Labute approximate surface area is 116 Å². The first-order valence-corrected chi connectivity index (χ1v) is 6.55. The van der Waals surface area contributed by atoms with Crippen LogP contribution >= 0.6 is 0 Å². The zero-order valence-corrected chi connectivity index (χ0v) is 11.4. The van der Waals surface area contributed by atoms with Crippen LogP contribution in [0.2, 0.25) is 0 Å². The van der Waals surface area contributed by atoms with Crippen molar-refractivity contribution >= 4 is 16.8 Å². The van der Waals surface area contributed by atoms with Crippen molar-refractivity contribution in [2.24, 2.45) is 0 Å². The number of rotatable bonds is 3. The molecule has 0 N–H and O–H groups in total. The number of aryl methyl sites for hydroxylation is 2. The van der Waals surface area contributed by atoms with Crippen LogP contribution in [0.4, 0.5) is 0 Å². The highest BCUT2D eigenvalue weighted by molar-refractivity contribution is 6.09. The first-order chi connectivity index (χ1) is 9.69. The van der Waals surface area contributed by atoms with Gasteiger partial charge in [-0.25, -0.2) is 0 Å². The van der Waals surface area contributed by atoms with Gasteiger partial charge in [-0.1, -0.05) is 25.1 Å². The molecule has 0 bridgehead atoms. The highest BCUT2D eigenvalue weighted by Crippen LogP contribution is 2.22. The van der Waals surface area contributed by atoms with Crippen molar-refractivity contribution in [1.29, 1.82) is 0 Å². The van der Waals surface area contributed by atoms with E-state index in [0.717, 1.165) is 11.1 Å². The molecule has 0 fully saturated rings. The molecule has 4 heteroatoms. The lowest BCUT2D eigenvalue weighted by Crippen LogP contribution is -2.08. The Bertz CT molecular complexity index is 757. The second-order valence-corrected chi connectivity index (χ2v) is 4.68. The second kappa shape index (κ2) is 4.89. The van der Waals surface area contributed by atoms with Crippen LogP contribution in [0, 0.1) is 6.92 Å². The standard InChI is InChI=1S/C16H14N2O2/c1-3-13-12(8-10(2)17-18-13)16(19)15-9-11-6-4-5-7-14(11)20-15/h4-9H,3H2,1-2H3. The Morgan fingerprint density at radius 3 is 2.75 bits per heavy atom. The molecule has 1 aromatic carbocycles. The maximum atomic E-state index is 12.6. The normalized spacial score (nSPS) is 10.9. The average Bonchev–Trinajstić information content (AvgIpc) is 2.90. The topological polar surface area (TPSA) is 56.0 Å². The molecule has 20 heavy (non-hydrogen) atoms. The fraction of sp³-hybridized carbons (Fsp3) is 0.188. The minimum absolute atomic E-state index is 0.143. The van der Waals surface area contributed by atoms with Gasteiger partial charge in [0.25, 0.3) is 0 Å². The van der Waals surface area contributed by atoms with E-state index in [9.17, 15) is 4.79 Å². The lowest BCUT2D eigenvalue weighted by molar-refractivity contribution is 0.101. The van der Waals surface area contributed by atoms with Gasteiger partial charge in [-0.2, -0.15) is 10.2 Å². The summed E-state index contributed by atoms with van der Waals surface area (Å²) in [7, 11) is 0. The quantitative estimate of drug-likeness (QED) is 0.682. The monoisotopic (exact) mass is 266 g/mol. The number of hydrogen-bond donors (Lipinski definition) is 0. The van der Waals surface area contributed by atoms with Crippen LogP contribution in [0.1, 0.15) is 34.4 Å². The van der Waals surface area contributed by atoms with Crippen LogP contribution in [0.5, 0.6) is 0 Å². The molecule has 0 unspecified atom stereocenters. The van der Waals surface area contributed by atoms with Gasteiger partial charge in [0.1, 0.15) is 5.58 Å². The van der Waals surface area contributed by atoms with Crippen molar-refractivity contribution in [2.45, 2.75) is 20.3 Å². The van der Waals surface area contributed by atoms with Crippen LogP contribution in [-0.2, 0) is 6.42 Å². The van der Waals surface area contributed by atoms with Gasteiger partial charge in [-0.3, -0.25) is 4.79 Å². The molecule has 0 aliphatic rings. The van der Waals surface area contributed by atoms with Gasteiger partial charge in [0.2, 0.25) is 5.78 Å². The van der Waals surface area contributed by atoms with Crippen molar-refractivity contribution in [1.82, 2.24) is 10.2 Å². The zero-order valence-electron chi connectivity index (χ0n) is 11.4. The number of nitrogens with zero attached hydrogens (tertiary/aromatic N) is 2. The Morgan fingerprint density at radius 2 is 2.00 bits per heavy atom. The van der Waals surface area contributed by atoms with E-state index in [1.165, 1.54) is 0 Å². The molecule has 0 saturated carbocycles. The summed E-state index contributed by atoms with van der Waals surface area (Å²) < 4.78 is 5.63. The van der Waals surface area contributed by atoms with Crippen molar-refractivity contribution in [3.8, 4) is 0 Å². The predicted molar refractivity (Wildman–Crippen MR) is 75.8 cm³/mol. The third-order valence-electron chi connectivity index (χ3n) is 3.22. The Hall–Kier alpha value is -2.49. The summed E-state index contributed by atoms with van der Waals surface area (Å²) in [5, 5.41) is 9.01. The van der Waals surface area contributed by atoms with Gasteiger partial charge < -0.3 is 4.42 Å². The van der Waals surface area contributed by atoms with Crippen molar-refractivity contribution in [2.75, 3.05) is 0 Å². The molecular formula is C16H14N2O2. The fourth-order valence-corrected chi connectivity index (χ4v) is 2.20. The molecule has 2 aromatic heterocycles. The average molecular weight is 266 g/mol. The molecule has 0 spiro atoms. The predicted octanol–water partition coefficient (Wildman–Crippen LogP) is 3.32. The summed E-state index contributed by atoms with van der Waals surface area (Å²) in [4.78, 5) is 12.6. The Kier molecular flexibility index (Phi) is 3.06. The van der Waals surface area contributed by atoms with E-state index in [0.29, 0.717) is 29.0 Å². The molecule has 0 aliphatic heterocycles. The summed E-state index contributed by atoms with van der Waals surface area (Å²) in [6.07, 6.45) is 0.661. The third kappa shape index (κ3) is 2.09. The molecule has 4 nitrogen and oxygen atoms in total. The molecule has 0 atom stereocenters. The first kappa shape index (κ1) is 12.5. The highest BCUT2D eigenvalue weighted by Gasteiger charge is 2.18. The van der Waals surface area contributed by atoms with Gasteiger partial charge >= 0.3 is 0 Å². The summed E-state index contributed by atoms with van der Waals surface area (Å²) in [6, 6.07) is 11.1. The third-order valence-corrected chi connectivity index (χ3v) is 3.22. The molecule has 0 radical (unpaired) electrons. The number of para-hydroxylation sites is 1. The summed E-state index contributed by atoms with van der Waals surface area (Å²) in [5.41, 5.74) is 2.70. The summed E-state index contributed by atoms with van der Waals surface area (Å²) in [6.45, 7) is 3.77. The van der Waals surface area contributed by atoms with Crippen LogP contribution < -0.4 is 0 Å². The number of hydrogen-bond acceptors (Lipinski definition) is 4. The van der Waals surface area contributed by atoms with E-state index in [4.69, 9.17) is 4.42 Å². The fourth-order valence-electron chi connectivity index (χ4n) is 2.20. The van der Waals surface area contributed by atoms with Gasteiger partial charge in [0.15, 0.2) is 5.76 Å². The van der Waals surface area contributed by atoms with Crippen LogP contribution in [0.25, 0.3) is 11.0 Å². The van der Waals surface area contributed by atoms with Crippen molar-refractivity contribution < 1.29 is 9.21 Å². The number of carbonyl (C=O) groups is 1. The minimum Gasteiger partial charge on any atom is -0.453 e. The minimum atomic E-state index is -0.143. The SMILES string of the molecule is CCc1nnc(C)cc1C(=O)c1cc2ccccc2o1. The molecule has 0 saturated heterocycles. The number of furan rings is 1.